The number of rotatable bonds is 7. The number of hydrazone groups is 1. The van der Waals surface area contributed by atoms with E-state index in [0.717, 1.165) is 5.56 Å². The maximum atomic E-state index is 12.2. The zero-order chi connectivity index (χ0) is 23.4. The lowest BCUT2D eigenvalue weighted by Crippen LogP contribution is -2.27. The first kappa shape index (κ1) is 23.7. The Morgan fingerprint density at radius 3 is 2.75 bits per heavy atom. The second-order valence-electron chi connectivity index (χ2n) is 7.45. The smallest absolute Gasteiger partial charge is 0.275 e. The number of nitrogens with one attached hydrogen (secondary N) is 1. The van der Waals surface area contributed by atoms with Gasteiger partial charge in [0.05, 0.1) is 24.6 Å². The van der Waals surface area contributed by atoms with Crippen LogP contribution in [0.1, 0.15) is 23.6 Å². The standard InChI is InChI=1S/C23H23ClN2O5S/c1-23(24)11-10-21(32(28,29)30)20(14-23)19-9-4-3-7-17(19)15-25-26-22(27)13-16-6-5-8-18(12-16)31-2/h3-12,14-15,21H,13H2,1-2H3,(H,26,27)(H,28,29,30)/b25-15+. The molecule has 168 valence electrons. The summed E-state index contributed by atoms with van der Waals surface area (Å²) >= 11 is 6.39. The number of carbonyl (C=O) groups excluding carboxylic acids is 1. The zero-order valence-corrected chi connectivity index (χ0v) is 19.1. The predicted octanol–water partition coefficient (Wildman–Crippen LogP) is 3.60. The summed E-state index contributed by atoms with van der Waals surface area (Å²) in [4.78, 5) is 11.3. The molecule has 9 heteroatoms. The monoisotopic (exact) mass is 474 g/mol. The molecule has 0 spiro atoms. The third kappa shape index (κ3) is 6.06. The van der Waals surface area contributed by atoms with E-state index in [9.17, 15) is 17.8 Å². The Bertz CT molecular complexity index is 1200. The van der Waals surface area contributed by atoms with Crippen LogP contribution < -0.4 is 10.2 Å². The van der Waals surface area contributed by atoms with Gasteiger partial charge < -0.3 is 4.74 Å². The topological polar surface area (TPSA) is 105 Å². The number of benzene rings is 2. The maximum absolute atomic E-state index is 12.2. The molecule has 2 aromatic rings. The van der Waals surface area contributed by atoms with Crippen LogP contribution in [0, 0.1) is 0 Å². The molecule has 2 N–H and O–H groups in total. The van der Waals surface area contributed by atoms with Crippen molar-refractivity contribution in [1.82, 2.24) is 5.43 Å². The molecule has 0 heterocycles. The lowest BCUT2D eigenvalue weighted by Gasteiger charge is -2.26. The van der Waals surface area contributed by atoms with E-state index in [2.05, 4.69) is 10.5 Å². The summed E-state index contributed by atoms with van der Waals surface area (Å²) in [6.07, 6.45) is 6.00. The van der Waals surface area contributed by atoms with Crippen LogP contribution in [-0.2, 0) is 21.3 Å². The third-order valence-corrected chi connectivity index (χ3v) is 6.11. The molecule has 0 saturated carbocycles. The minimum Gasteiger partial charge on any atom is -0.497 e. The van der Waals surface area contributed by atoms with Crippen molar-refractivity contribution in [2.75, 3.05) is 7.11 Å². The summed E-state index contributed by atoms with van der Waals surface area (Å²) in [5.74, 6) is 0.332. The number of carbonyl (C=O) groups is 1. The molecule has 1 aliphatic carbocycles. The molecule has 0 fully saturated rings. The van der Waals surface area contributed by atoms with Crippen LogP contribution in [0.15, 0.2) is 71.9 Å². The van der Waals surface area contributed by atoms with Gasteiger partial charge in [0.1, 0.15) is 11.0 Å². The number of nitrogens with zero attached hydrogens (tertiary/aromatic N) is 1. The van der Waals surface area contributed by atoms with Gasteiger partial charge >= 0.3 is 0 Å². The number of amides is 1. The minimum atomic E-state index is -4.40. The number of hydrogen-bond donors (Lipinski definition) is 2. The number of methoxy groups -OCH3 is 1. The Kier molecular flexibility index (Phi) is 7.18. The summed E-state index contributed by atoms with van der Waals surface area (Å²) in [5.41, 5.74) is 4.65. The van der Waals surface area contributed by atoms with Crippen molar-refractivity contribution >= 4 is 39.4 Å². The molecule has 1 amide bonds. The molecule has 0 aliphatic heterocycles. The lowest BCUT2D eigenvalue weighted by molar-refractivity contribution is -0.120. The van der Waals surface area contributed by atoms with Crippen molar-refractivity contribution in [3.05, 3.63) is 83.4 Å². The van der Waals surface area contributed by atoms with Crippen molar-refractivity contribution in [3.8, 4) is 5.75 Å². The molecule has 0 bridgehead atoms. The number of hydrogen-bond acceptors (Lipinski definition) is 5. The summed E-state index contributed by atoms with van der Waals surface area (Å²) < 4.78 is 38.7. The Balaban J connectivity index is 1.81. The van der Waals surface area contributed by atoms with Gasteiger partial charge in [-0.1, -0.05) is 54.6 Å². The van der Waals surface area contributed by atoms with Gasteiger partial charge in [-0.15, -0.1) is 11.6 Å². The van der Waals surface area contributed by atoms with Gasteiger partial charge in [0.2, 0.25) is 5.91 Å². The minimum absolute atomic E-state index is 0.113. The van der Waals surface area contributed by atoms with Gasteiger partial charge in [-0.2, -0.15) is 13.5 Å². The van der Waals surface area contributed by atoms with Gasteiger partial charge in [-0.25, -0.2) is 5.43 Å². The van der Waals surface area contributed by atoms with Crippen LogP contribution in [0.25, 0.3) is 5.57 Å². The highest BCUT2D eigenvalue weighted by Gasteiger charge is 2.33. The summed E-state index contributed by atoms with van der Waals surface area (Å²) in [6, 6.07) is 14.1. The van der Waals surface area contributed by atoms with Crippen LogP contribution in [0.2, 0.25) is 0 Å². The molecule has 7 nitrogen and oxygen atoms in total. The van der Waals surface area contributed by atoms with Crippen LogP contribution in [0.5, 0.6) is 5.75 Å². The number of ether oxygens (including phenoxy) is 1. The van der Waals surface area contributed by atoms with E-state index in [-0.39, 0.29) is 12.3 Å². The highest BCUT2D eigenvalue weighted by atomic mass is 35.5. The first-order valence-corrected chi connectivity index (χ1v) is 11.6. The first-order valence-electron chi connectivity index (χ1n) is 9.70. The second kappa shape index (κ2) is 9.68. The highest BCUT2D eigenvalue weighted by molar-refractivity contribution is 7.87. The normalized spacial score (nSPS) is 20.8. The van der Waals surface area contributed by atoms with E-state index in [1.807, 2.05) is 6.07 Å². The van der Waals surface area contributed by atoms with E-state index in [1.165, 1.54) is 18.4 Å². The Morgan fingerprint density at radius 1 is 1.28 bits per heavy atom. The Morgan fingerprint density at radius 2 is 2.03 bits per heavy atom. The van der Waals surface area contributed by atoms with Gasteiger partial charge in [0, 0.05) is 5.56 Å². The molecule has 2 unspecified atom stereocenters. The molecule has 0 aromatic heterocycles. The highest BCUT2D eigenvalue weighted by Crippen LogP contribution is 2.35. The molecular formula is C23H23ClN2O5S. The molecule has 0 radical (unpaired) electrons. The molecule has 0 saturated heterocycles. The largest absolute Gasteiger partial charge is 0.497 e. The van der Waals surface area contributed by atoms with Crippen molar-refractivity contribution in [3.63, 3.8) is 0 Å². The van der Waals surface area contributed by atoms with E-state index in [4.69, 9.17) is 16.3 Å². The van der Waals surface area contributed by atoms with Crippen LogP contribution >= 0.6 is 11.6 Å². The molecule has 2 atom stereocenters. The van der Waals surface area contributed by atoms with Gasteiger partial charge in [0.15, 0.2) is 0 Å². The average Bonchev–Trinajstić information content (AvgIpc) is 2.72. The fraction of sp³-hybridized carbons (Fsp3) is 0.217. The maximum Gasteiger partial charge on any atom is 0.275 e. The lowest BCUT2D eigenvalue weighted by atomic mass is 9.90. The summed E-state index contributed by atoms with van der Waals surface area (Å²) in [5, 5.41) is 2.76. The predicted molar refractivity (Wildman–Crippen MR) is 126 cm³/mol. The van der Waals surface area contributed by atoms with Crippen molar-refractivity contribution in [2.45, 2.75) is 23.5 Å². The van der Waals surface area contributed by atoms with Crippen LogP contribution in [0.3, 0.4) is 0 Å². The van der Waals surface area contributed by atoms with E-state index in [1.54, 1.807) is 62.6 Å². The van der Waals surface area contributed by atoms with E-state index < -0.39 is 20.2 Å². The fourth-order valence-electron chi connectivity index (χ4n) is 3.36. The van der Waals surface area contributed by atoms with Gasteiger partial charge in [0.25, 0.3) is 10.1 Å². The summed E-state index contributed by atoms with van der Waals surface area (Å²) in [6.45, 7) is 1.71. The molecule has 1 aliphatic rings. The number of halogens is 1. The molecule has 32 heavy (non-hydrogen) atoms. The number of allylic oxidation sites excluding steroid dienone is 2. The first-order chi connectivity index (χ1) is 15.1. The Hall–Kier alpha value is -2.94. The number of alkyl halides is 1. The average molecular weight is 475 g/mol. The molecule has 2 aromatic carbocycles. The van der Waals surface area contributed by atoms with Crippen molar-refractivity contribution in [1.29, 1.82) is 0 Å². The second-order valence-corrected chi connectivity index (χ2v) is 9.81. The molecular weight excluding hydrogens is 452 g/mol. The Labute approximate surface area is 192 Å². The zero-order valence-electron chi connectivity index (χ0n) is 17.5. The van der Waals surface area contributed by atoms with Crippen LogP contribution in [0.4, 0.5) is 0 Å². The van der Waals surface area contributed by atoms with Crippen LogP contribution in [-0.4, -0.2) is 42.3 Å². The summed E-state index contributed by atoms with van der Waals surface area (Å²) in [7, 11) is -2.85. The van der Waals surface area contributed by atoms with Crippen molar-refractivity contribution < 1.29 is 22.5 Å². The van der Waals surface area contributed by atoms with E-state index in [0.29, 0.717) is 22.4 Å². The molecule has 3 rings (SSSR count). The third-order valence-electron chi connectivity index (χ3n) is 4.83. The van der Waals surface area contributed by atoms with E-state index >= 15 is 0 Å². The quantitative estimate of drug-likeness (QED) is 0.210. The fourth-order valence-corrected chi connectivity index (χ4v) is 4.34. The van der Waals surface area contributed by atoms with Crippen molar-refractivity contribution in [2.24, 2.45) is 5.10 Å². The van der Waals surface area contributed by atoms with Gasteiger partial charge in [-0.3, -0.25) is 9.35 Å². The van der Waals surface area contributed by atoms with Gasteiger partial charge in [-0.05, 0) is 35.8 Å². The SMILES string of the molecule is COc1cccc(CC(=O)N/N=C/c2ccccc2C2=CC(C)(Cl)C=CC2S(=O)(=O)O)c1.